The molecule has 0 unspecified atom stereocenters. The van der Waals surface area contributed by atoms with E-state index in [0.717, 1.165) is 38.4 Å². The third-order valence-corrected chi connectivity index (χ3v) is 3.99. The van der Waals surface area contributed by atoms with Crippen LogP contribution in [0.25, 0.3) is 0 Å². The van der Waals surface area contributed by atoms with Crippen molar-refractivity contribution < 1.29 is 4.79 Å². The molecule has 0 radical (unpaired) electrons. The van der Waals surface area contributed by atoms with Crippen molar-refractivity contribution in [2.75, 3.05) is 26.2 Å². The predicted octanol–water partition coefficient (Wildman–Crippen LogP) is 0.578. The van der Waals surface area contributed by atoms with Crippen LogP contribution in [-0.2, 0) is 11.3 Å². The van der Waals surface area contributed by atoms with E-state index in [0.29, 0.717) is 0 Å². The highest BCUT2D eigenvalue weighted by Gasteiger charge is 2.26. The molecule has 1 aliphatic rings. The van der Waals surface area contributed by atoms with Crippen molar-refractivity contribution in [1.82, 2.24) is 29.5 Å². The summed E-state index contributed by atoms with van der Waals surface area (Å²) in [6.45, 7) is 5.91. The van der Waals surface area contributed by atoms with E-state index in [1.165, 1.54) is 6.33 Å². The number of rotatable bonds is 4. The molecule has 22 heavy (non-hydrogen) atoms. The predicted molar refractivity (Wildman–Crippen MR) is 80.8 cm³/mol. The molecule has 0 saturated carbocycles. The number of amides is 1. The molecule has 116 valence electrons. The molecule has 1 atom stereocenters. The van der Waals surface area contributed by atoms with E-state index in [4.69, 9.17) is 0 Å². The largest absolute Gasteiger partial charge is 0.338 e. The van der Waals surface area contributed by atoms with Crippen LogP contribution in [0.3, 0.4) is 0 Å². The van der Waals surface area contributed by atoms with Gasteiger partial charge in [0.1, 0.15) is 18.7 Å². The van der Waals surface area contributed by atoms with E-state index in [1.54, 1.807) is 11.0 Å². The second-order valence-corrected chi connectivity index (χ2v) is 5.47. The van der Waals surface area contributed by atoms with Gasteiger partial charge in [-0.3, -0.25) is 14.7 Å². The van der Waals surface area contributed by atoms with Gasteiger partial charge in [-0.25, -0.2) is 9.67 Å². The summed E-state index contributed by atoms with van der Waals surface area (Å²) in [5.74, 6) is 0.1000. The zero-order valence-corrected chi connectivity index (χ0v) is 12.7. The Bertz CT molecular complexity index is 592. The summed E-state index contributed by atoms with van der Waals surface area (Å²) < 4.78 is 1.60. The zero-order valence-electron chi connectivity index (χ0n) is 12.7. The van der Waals surface area contributed by atoms with Crippen molar-refractivity contribution in [1.29, 1.82) is 0 Å². The zero-order chi connectivity index (χ0) is 15.4. The van der Waals surface area contributed by atoms with Gasteiger partial charge in [-0.05, 0) is 19.1 Å². The van der Waals surface area contributed by atoms with Gasteiger partial charge < -0.3 is 4.90 Å². The number of carbonyl (C=O) groups excluding carboxylic acids is 1. The van der Waals surface area contributed by atoms with Crippen LogP contribution >= 0.6 is 0 Å². The van der Waals surface area contributed by atoms with E-state index in [-0.39, 0.29) is 11.9 Å². The molecule has 1 saturated heterocycles. The van der Waals surface area contributed by atoms with Crippen molar-refractivity contribution in [2.24, 2.45) is 0 Å². The highest BCUT2D eigenvalue weighted by atomic mass is 16.2. The lowest BCUT2D eigenvalue weighted by Gasteiger charge is -2.35. The van der Waals surface area contributed by atoms with E-state index < -0.39 is 0 Å². The molecule has 1 amide bonds. The van der Waals surface area contributed by atoms with Gasteiger partial charge in [-0.15, -0.1) is 0 Å². The fourth-order valence-corrected chi connectivity index (χ4v) is 2.64. The summed E-state index contributed by atoms with van der Waals surface area (Å²) in [5, 5.41) is 4.04. The second-order valence-electron chi connectivity index (χ2n) is 5.47. The first-order valence-electron chi connectivity index (χ1n) is 7.49. The molecule has 0 aromatic carbocycles. The van der Waals surface area contributed by atoms with E-state index in [2.05, 4.69) is 20.0 Å². The van der Waals surface area contributed by atoms with Crippen LogP contribution in [0, 0.1) is 0 Å². The molecule has 2 aromatic heterocycles. The molecule has 1 fully saturated rings. The standard InChI is InChI=1S/C15H20N6O/c1-13(21-12-16-11-18-21)15(22)20-8-6-19(7-9-20)10-14-4-2-3-5-17-14/h2-5,11-13H,6-10H2,1H3/t13-/m1/s1. The first-order valence-corrected chi connectivity index (χ1v) is 7.49. The third-order valence-electron chi connectivity index (χ3n) is 3.99. The second kappa shape index (κ2) is 6.65. The first-order chi connectivity index (χ1) is 10.7. The number of nitrogens with zero attached hydrogens (tertiary/aromatic N) is 6. The SMILES string of the molecule is C[C@H](C(=O)N1CCN(Cc2ccccn2)CC1)n1cncn1. The van der Waals surface area contributed by atoms with Crippen molar-refractivity contribution in [3.8, 4) is 0 Å². The summed E-state index contributed by atoms with van der Waals surface area (Å²) in [7, 11) is 0. The van der Waals surface area contributed by atoms with Crippen molar-refractivity contribution >= 4 is 5.91 Å². The van der Waals surface area contributed by atoms with Gasteiger partial charge in [0.15, 0.2) is 0 Å². The molecule has 7 nitrogen and oxygen atoms in total. The van der Waals surface area contributed by atoms with E-state index >= 15 is 0 Å². The number of pyridine rings is 1. The van der Waals surface area contributed by atoms with E-state index in [9.17, 15) is 4.79 Å². The van der Waals surface area contributed by atoms with Crippen LogP contribution in [0.4, 0.5) is 0 Å². The van der Waals surface area contributed by atoms with Gasteiger partial charge >= 0.3 is 0 Å². The minimum atomic E-state index is -0.301. The molecule has 0 N–H and O–H groups in total. The summed E-state index contributed by atoms with van der Waals surface area (Å²) in [6, 6.07) is 5.66. The molecule has 2 aromatic rings. The Hall–Kier alpha value is -2.28. The van der Waals surface area contributed by atoms with Crippen LogP contribution in [0.15, 0.2) is 37.1 Å². The smallest absolute Gasteiger partial charge is 0.247 e. The number of carbonyl (C=O) groups is 1. The third kappa shape index (κ3) is 3.30. The molecule has 0 bridgehead atoms. The topological polar surface area (TPSA) is 67.2 Å². The van der Waals surface area contributed by atoms with Crippen LogP contribution in [-0.4, -0.2) is 61.6 Å². The lowest BCUT2D eigenvalue weighted by molar-refractivity contribution is -0.136. The lowest BCUT2D eigenvalue weighted by atomic mass is 10.2. The Morgan fingerprint density at radius 2 is 2.09 bits per heavy atom. The summed E-state index contributed by atoms with van der Waals surface area (Å²) in [4.78, 5) is 24.9. The number of piperazine rings is 1. The number of hydrogen-bond donors (Lipinski definition) is 0. The average molecular weight is 300 g/mol. The summed E-state index contributed by atoms with van der Waals surface area (Å²) in [5.41, 5.74) is 1.07. The van der Waals surface area contributed by atoms with Gasteiger partial charge in [0, 0.05) is 38.9 Å². The Labute approximate surface area is 129 Å². The molecule has 7 heteroatoms. The van der Waals surface area contributed by atoms with Crippen LogP contribution in [0.1, 0.15) is 18.7 Å². The lowest BCUT2D eigenvalue weighted by Crippen LogP contribution is -2.50. The van der Waals surface area contributed by atoms with Gasteiger partial charge in [0.2, 0.25) is 5.91 Å². The van der Waals surface area contributed by atoms with Gasteiger partial charge in [0.25, 0.3) is 0 Å². The Morgan fingerprint density at radius 3 is 2.73 bits per heavy atom. The van der Waals surface area contributed by atoms with Crippen molar-refractivity contribution in [2.45, 2.75) is 19.5 Å². The average Bonchev–Trinajstić information content (AvgIpc) is 3.10. The quantitative estimate of drug-likeness (QED) is 0.826. The Kier molecular flexibility index (Phi) is 4.43. The fraction of sp³-hybridized carbons (Fsp3) is 0.467. The van der Waals surface area contributed by atoms with Crippen LogP contribution in [0.2, 0.25) is 0 Å². The maximum absolute atomic E-state index is 12.5. The monoisotopic (exact) mass is 300 g/mol. The molecule has 3 rings (SSSR count). The molecule has 0 aliphatic carbocycles. The summed E-state index contributed by atoms with van der Waals surface area (Å²) in [6.07, 6.45) is 4.85. The maximum Gasteiger partial charge on any atom is 0.247 e. The molecular formula is C15H20N6O. The van der Waals surface area contributed by atoms with Crippen molar-refractivity contribution in [3.63, 3.8) is 0 Å². The van der Waals surface area contributed by atoms with Crippen LogP contribution in [0.5, 0.6) is 0 Å². The molecule has 0 spiro atoms. The summed E-state index contributed by atoms with van der Waals surface area (Å²) >= 11 is 0. The van der Waals surface area contributed by atoms with Gasteiger partial charge in [-0.1, -0.05) is 6.07 Å². The van der Waals surface area contributed by atoms with Crippen molar-refractivity contribution in [3.05, 3.63) is 42.7 Å². The van der Waals surface area contributed by atoms with Crippen LogP contribution < -0.4 is 0 Å². The fourth-order valence-electron chi connectivity index (χ4n) is 2.64. The highest BCUT2D eigenvalue weighted by Crippen LogP contribution is 2.12. The van der Waals surface area contributed by atoms with E-state index in [1.807, 2.05) is 36.2 Å². The van der Waals surface area contributed by atoms with Gasteiger partial charge in [0.05, 0.1) is 5.69 Å². The minimum absolute atomic E-state index is 0.1000. The molecule has 3 heterocycles. The molecule has 1 aliphatic heterocycles. The van der Waals surface area contributed by atoms with Gasteiger partial charge in [-0.2, -0.15) is 5.10 Å². The Balaban J connectivity index is 1.52. The first kappa shape index (κ1) is 14.6. The molecular weight excluding hydrogens is 280 g/mol. The number of aromatic nitrogens is 4. The minimum Gasteiger partial charge on any atom is -0.338 e. The highest BCUT2D eigenvalue weighted by molar-refractivity contribution is 5.80. The maximum atomic E-state index is 12.5. The Morgan fingerprint density at radius 1 is 1.27 bits per heavy atom. The number of hydrogen-bond acceptors (Lipinski definition) is 5. The normalized spacial score (nSPS) is 17.4.